The van der Waals surface area contributed by atoms with Crippen LogP contribution in [0.25, 0.3) is 0 Å². The molecule has 1 aromatic rings. The first-order chi connectivity index (χ1) is 5.38. The molecule has 0 atom stereocenters. The number of aromatic nitrogens is 2. The maximum atomic E-state index is 4.22. The molecule has 2 rings (SSSR count). The lowest BCUT2D eigenvalue weighted by atomic mass is 10.3. The fraction of sp³-hybridized carbons (Fsp3) is 0.571. The zero-order valence-electron chi connectivity index (χ0n) is 6.18. The average Bonchev–Trinajstić information content (AvgIpc) is 2.25. The molecule has 1 N–H and O–H groups in total. The minimum absolute atomic E-state index is 0.995. The molecule has 3 nitrogen and oxygen atoms in total. The Hall–Kier alpha value is -0.510. The standard InChI is InChI=1S/C7H10BrN3/c8-6-5-10-7-9-3-1-2-4-11(6)7/h5H,1-4H2,(H,9,10). The molecule has 0 bridgehead atoms. The van der Waals surface area contributed by atoms with Gasteiger partial charge in [0.15, 0.2) is 0 Å². The largest absolute Gasteiger partial charge is 0.356 e. The minimum Gasteiger partial charge on any atom is -0.356 e. The highest BCUT2D eigenvalue weighted by molar-refractivity contribution is 9.10. The number of anilines is 1. The Bertz CT molecular complexity index is 256. The molecular weight excluding hydrogens is 206 g/mol. The molecule has 1 aliphatic rings. The van der Waals surface area contributed by atoms with E-state index < -0.39 is 0 Å². The van der Waals surface area contributed by atoms with Crippen molar-refractivity contribution in [2.75, 3.05) is 11.9 Å². The van der Waals surface area contributed by atoms with Gasteiger partial charge in [0.1, 0.15) is 4.60 Å². The Balaban J connectivity index is 2.35. The molecule has 11 heavy (non-hydrogen) atoms. The van der Waals surface area contributed by atoms with Crippen molar-refractivity contribution in [1.82, 2.24) is 9.55 Å². The van der Waals surface area contributed by atoms with Crippen molar-refractivity contribution in [2.45, 2.75) is 19.4 Å². The summed E-state index contributed by atoms with van der Waals surface area (Å²) in [6, 6.07) is 0. The summed E-state index contributed by atoms with van der Waals surface area (Å²) in [6.45, 7) is 2.12. The highest BCUT2D eigenvalue weighted by atomic mass is 79.9. The molecule has 60 valence electrons. The summed E-state index contributed by atoms with van der Waals surface area (Å²) in [4.78, 5) is 4.22. The van der Waals surface area contributed by atoms with Crippen LogP contribution in [0.1, 0.15) is 12.8 Å². The van der Waals surface area contributed by atoms with Gasteiger partial charge >= 0.3 is 0 Å². The summed E-state index contributed by atoms with van der Waals surface area (Å²) in [7, 11) is 0. The number of halogens is 1. The number of imidazole rings is 1. The molecule has 4 heteroatoms. The summed E-state index contributed by atoms with van der Waals surface area (Å²) < 4.78 is 3.23. The Morgan fingerprint density at radius 1 is 1.55 bits per heavy atom. The Labute approximate surface area is 73.9 Å². The predicted molar refractivity (Wildman–Crippen MR) is 47.7 cm³/mol. The van der Waals surface area contributed by atoms with Gasteiger partial charge < -0.3 is 9.88 Å². The van der Waals surface area contributed by atoms with Gasteiger partial charge in [-0.1, -0.05) is 0 Å². The monoisotopic (exact) mass is 215 g/mol. The number of nitrogens with one attached hydrogen (secondary N) is 1. The van der Waals surface area contributed by atoms with Gasteiger partial charge in [-0.3, -0.25) is 0 Å². The lowest BCUT2D eigenvalue weighted by Crippen LogP contribution is -2.02. The van der Waals surface area contributed by atoms with E-state index in [0.717, 1.165) is 23.6 Å². The average molecular weight is 216 g/mol. The van der Waals surface area contributed by atoms with E-state index in [0.29, 0.717) is 0 Å². The maximum absolute atomic E-state index is 4.22. The smallest absolute Gasteiger partial charge is 0.203 e. The predicted octanol–water partition coefficient (Wildman–Crippen LogP) is 1.85. The molecule has 0 aliphatic carbocycles. The van der Waals surface area contributed by atoms with Crippen molar-refractivity contribution < 1.29 is 0 Å². The van der Waals surface area contributed by atoms with E-state index in [9.17, 15) is 0 Å². The summed E-state index contributed by atoms with van der Waals surface area (Å²) in [5, 5.41) is 3.27. The van der Waals surface area contributed by atoms with Crippen LogP contribution in [0.3, 0.4) is 0 Å². The van der Waals surface area contributed by atoms with Gasteiger partial charge in [0.25, 0.3) is 0 Å². The van der Waals surface area contributed by atoms with Crippen molar-refractivity contribution in [3.05, 3.63) is 10.8 Å². The van der Waals surface area contributed by atoms with Crippen molar-refractivity contribution >= 4 is 21.9 Å². The van der Waals surface area contributed by atoms with Crippen LogP contribution in [0.2, 0.25) is 0 Å². The first kappa shape index (κ1) is 7.16. The van der Waals surface area contributed by atoms with Crippen molar-refractivity contribution in [3.8, 4) is 0 Å². The highest BCUT2D eigenvalue weighted by Gasteiger charge is 2.09. The molecular formula is C7H10BrN3. The van der Waals surface area contributed by atoms with E-state index in [2.05, 4.69) is 30.8 Å². The van der Waals surface area contributed by atoms with Crippen LogP contribution in [0, 0.1) is 0 Å². The second-order valence-corrected chi connectivity index (χ2v) is 3.50. The summed E-state index contributed by atoms with van der Waals surface area (Å²) >= 11 is 3.45. The zero-order chi connectivity index (χ0) is 7.68. The van der Waals surface area contributed by atoms with Crippen molar-refractivity contribution in [1.29, 1.82) is 0 Å². The number of fused-ring (bicyclic) bond motifs is 1. The molecule has 1 aromatic heterocycles. The Kier molecular flexibility index (Phi) is 1.85. The van der Waals surface area contributed by atoms with Gasteiger partial charge in [0.2, 0.25) is 5.95 Å². The van der Waals surface area contributed by atoms with Gasteiger partial charge in [-0.2, -0.15) is 0 Å². The first-order valence-corrected chi connectivity index (χ1v) is 4.62. The topological polar surface area (TPSA) is 29.9 Å². The summed E-state index contributed by atoms with van der Waals surface area (Å²) in [6.07, 6.45) is 4.30. The number of hydrogen-bond acceptors (Lipinski definition) is 2. The molecule has 0 fully saturated rings. The number of rotatable bonds is 0. The molecule has 0 unspecified atom stereocenters. The molecule has 0 amide bonds. The SMILES string of the molecule is Brc1cnc2n1CCCCN2. The van der Waals surface area contributed by atoms with E-state index in [1.54, 1.807) is 0 Å². The third-order valence-electron chi connectivity index (χ3n) is 1.90. The van der Waals surface area contributed by atoms with Crippen LogP contribution in [0.4, 0.5) is 5.95 Å². The van der Waals surface area contributed by atoms with Crippen LogP contribution < -0.4 is 5.32 Å². The lowest BCUT2D eigenvalue weighted by Gasteiger charge is -2.03. The highest BCUT2D eigenvalue weighted by Crippen LogP contribution is 2.19. The molecule has 1 aliphatic heterocycles. The summed E-state index contributed by atoms with van der Waals surface area (Å²) in [5.41, 5.74) is 0. The second kappa shape index (κ2) is 2.85. The zero-order valence-corrected chi connectivity index (χ0v) is 7.76. The van der Waals surface area contributed by atoms with Crippen LogP contribution in [-0.2, 0) is 6.54 Å². The van der Waals surface area contributed by atoms with Crippen LogP contribution >= 0.6 is 15.9 Å². The van der Waals surface area contributed by atoms with Crippen molar-refractivity contribution in [3.63, 3.8) is 0 Å². The third-order valence-corrected chi connectivity index (χ3v) is 2.53. The number of hydrogen-bond donors (Lipinski definition) is 1. The van der Waals surface area contributed by atoms with E-state index in [-0.39, 0.29) is 0 Å². The molecule has 0 saturated heterocycles. The molecule has 0 saturated carbocycles. The second-order valence-electron chi connectivity index (χ2n) is 2.69. The quantitative estimate of drug-likeness (QED) is 0.717. The van der Waals surface area contributed by atoms with Gasteiger partial charge in [-0.25, -0.2) is 4.98 Å². The lowest BCUT2D eigenvalue weighted by molar-refractivity contribution is 0.647. The van der Waals surface area contributed by atoms with E-state index in [4.69, 9.17) is 0 Å². The van der Waals surface area contributed by atoms with E-state index in [1.165, 1.54) is 12.8 Å². The van der Waals surface area contributed by atoms with Crippen LogP contribution in [-0.4, -0.2) is 16.1 Å². The van der Waals surface area contributed by atoms with Crippen LogP contribution in [0.5, 0.6) is 0 Å². The molecule has 0 aromatic carbocycles. The maximum Gasteiger partial charge on any atom is 0.203 e. The Morgan fingerprint density at radius 2 is 2.45 bits per heavy atom. The van der Waals surface area contributed by atoms with E-state index >= 15 is 0 Å². The van der Waals surface area contributed by atoms with Gasteiger partial charge in [-0.15, -0.1) is 0 Å². The molecule has 0 spiro atoms. The first-order valence-electron chi connectivity index (χ1n) is 3.83. The van der Waals surface area contributed by atoms with Gasteiger partial charge in [0, 0.05) is 13.1 Å². The Morgan fingerprint density at radius 3 is 3.36 bits per heavy atom. The fourth-order valence-electron chi connectivity index (χ4n) is 1.30. The van der Waals surface area contributed by atoms with Gasteiger partial charge in [-0.05, 0) is 28.8 Å². The third kappa shape index (κ3) is 1.27. The molecule has 0 radical (unpaired) electrons. The summed E-state index contributed by atoms with van der Waals surface area (Å²) in [5.74, 6) is 0.995. The van der Waals surface area contributed by atoms with Crippen LogP contribution in [0.15, 0.2) is 10.8 Å². The molecule has 2 heterocycles. The van der Waals surface area contributed by atoms with Gasteiger partial charge in [0.05, 0.1) is 6.20 Å². The fourth-order valence-corrected chi connectivity index (χ4v) is 1.75. The number of nitrogens with zero attached hydrogens (tertiary/aromatic N) is 2. The van der Waals surface area contributed by atoms with E-state index in [1.807, 2.05) is 6.20 Å². The van der Waals surface area contributed by atoms with Crippen molar-refractivity contribution in [2.24, 2.45) is 0 Å². The normalized spacial score (nSPS) is 16.8. The minimum atomic E-state index is 0.995.